The smallest absolute Gasteiger partial charge is 0.227 e. The molecule has 0 bridgehead atoms. The Bertz CT molecular complexity index is 797. The molecule has 2 heterocycles. The quantitative estimate of drug-likeness (QED) is 0.668. The minimum Gasteiger partial charge on any atom is -0.494 e. The molecule has 130 valence electrons. The van der Waals surface area contributed by atoms with Crippen LogP contribution in [0.25, 0.3) is 11.4 Å². The summed E-state index contributed by atoms with van der Waals surface area (Å²) in [6.07, 6.45) is 0.733. The lowest BCUT2D eigenvalue weighted by Crippen LogP contribution is -2.22. The number of hydrogen-bond acceptors (Lipinski definition) is 6. The molecule has 0 aliphatic carbocycles. The van der Waals surface area contributed by atoms with E-state index in [4.69, 9.17) is 9.26 Å². The van der Waals surface area contributed by atoms with Crippen LogP contribution in [-0.2, 0) is 17.8 Å². The molecular weight excluding hydrogens is 338 g/mol. The second kappa shape index (κ2) is 8.43. The van der Waals surface area contributed by atoms with Crippen LogP contribution in [0.15, 0.2) is 46.3 Å². The van der Waals surface area contributed by atoms with Crippen molar-refractivity contribution in [3.05, 3.63) is 52.5 Å². The fraction of sp³-hybridized carbons (Fsp3) is 0.278. The number of nitrogens with zero attached hydrogens (tertiary/aromatic N) is 2. The molecule has 1 N–H and O–H groups in total. The lowest BCUT2D eigenvalue weighted by molar-refractivity contribution is -0.121. The number of ether oxygens (including phenoxy) is 1. The van der Waals surface area contributed by atoms with Gasteiger partial charge in [0, 0.05) is 23.3 Å². The number of amides is 1. The van der Waals surface area contributed by atoms with Gasteiger partial charge in [-0.1, -0.05) is 11.2 Å². The third kappa shape index (κ3) is 4.90. The van der Waals surface area contributed by atoms with E-state index >= 15 is 0 Å². The number of aromatic nitrogens is 2. The minimum absolute atomic E-state index is 0.0331. The van der Waals surface area contributed by atoms with Gasteiger partial charge in [-0.3, -0.25) is 4.79 Å². The predicted octanol–water partition coefficient (Wildman–Crippen LogP) is 3.45. The number of benzene rings is 1. The Morgan fingerprint density at radius 2 is 2.12 bits per heavy atom. The Labute approximate surface area is 149 Å². The summed E-state index contributed by atoms with van der Waals surface area (Å²) in [7, 11) is 0. The van der Waals surface area contributed by atoms with Crippen LogP contribution in [0.5, 0.6) is 5.75 Å². The van der Waals surface area contributed by atoms with Crippen LogP contribution >= 0.6 is 11.3 Å². The predicted molar refractivity (Wildman–Crippen MR) is 95.4 cm³/mol. The molecule has 0 fully saturated rings. The van der Waals surface area contributed by atoms with Crippen molar-refractivity contribution in [2.45, 2.75) is 26.3 Å². The summed E-state index contributed by atoms with van der Waals surface area (Å²) in [4.78, 5) is 17.3. The van der Waals surface area contributed by atoms with E-state index in [2.05, 4.69) is 15.5 Å². The maximum absolute atomic E-state index is 11.9. The van der Waals surface area contributed by atoms with E-state index in [1.807, 2.05) is 48.7 Å². The van der Waals surface area contributed by atoms with Gasteiger partial charge >= 0.3 is 0 Å². The summed E-state index contributed by atoms with van der Waals surface area (Å²) in [6, 6.07) is 11.5. The fourth-order valence-electron chi connectivity index (χ4n) is 2.25. The zero-order chi connectivity index (χ0) is 17.5. The van der Waals surface area contributed by atoms with Crippen molar-refractivity contribution in [3.63, 3.8) is 0 Å². The van der Waals surface area contributed by atoms with Crippen molar-refractivity contribution in [1.82, 2.24) is 15.5 Å². The van der Waals surface area contributed by atoms with Crippen LogP contribution in [0.1, 0.15) is 24.1 Å². The van der Waals surface area contributed by atoms with Crippen molar-refractivity contribution in [1.29, 1.82) is 0 Å². The van der Waals surface area contributed by atoms with E-state index in [0.29, 0.717) is 37.7 Å². The monoisotopic (exact) mass is 357 g/mol. The molecule has 0 radical (unpaired) electrons. The fourth-order valence-corrected chi connectivity index (χ4v) is 2.89. The van der Waals surface area contributed by atoms with Gasteiger partial charge in [0.2, 0.25) is 17.6 Å². The first-order valence-electron chi connectivity index (χ1n) is 8.09. The van der Waals surface area contributed by atoms with Gasteiger partial charge in [0.1, 0.15) is 5.75 Å². The van der Waals surface area contributed by atoms with Crippen molar-refractivity contribution in [2.24, 2.45) is 0 Å². The first-order chi connectivity index (χ1) is 12.2. The lowest BCUT2D eigenvalue weighted by atomic mass is 10.2. The summed E-state index contributed by atoms with van der Waals surface area (Å²) < 4.78 is 10.6. The largest absolute Gasteiger partial charge is 0.494 e. The van der Waals surface area contributed by atoms with E-state index in [9.17, 15) is 4.79 Å². The molecule has 3 rings (SSSR count). The molecule has 1 aromatic carbocycles. The van der Waals surface area contributed by atoms with Crippen molar-refractivity contribution < 1.29 is 14.1 Å². The molecule has 7 heteroatoms. The third-order valence-electron chi connectivity index (χ3n) is 3.50. The zero-order valence-corrected chi connectivity index (χ0v) is 14.7. The zero-order valence-electron chi connectivity index (χ0n) is 13.9. The van der Waals surface area contributed by atoms with Gasteiger partial charge in [-0.05, 0) is 42.6 Å². The number of thiophene rings is 1. The van der Waals surface area contributed by atoms with Gasteiger partial charge in [-0.2, -0.15) is 4.98 Å². The number of carbonyl (C=O) groups excluding carboxylic acids is 1. The van der Waals surface area contributed by atoms with Crippen LogP contribution in [0.4, 0.5) is 0 Å². The molecule has 0 atom stereocenters. The van der Waals surface area contributed by atoms with E-state index < -0.39 is 0 Å². The lowest BCUT2D eigenvalue weighted by Gasteiger charge is -2.02. The molecule has 2 aromatic heterocycles. The average molecular weight is 357 g/mol. The highest BCUT2D eigenvalue weighted by atomic mass is 32.1. The summed E-state index contributed by atoms with van der Waals surface area (Å²) in [5.41, 5.74) is 0.848. The molecule has 0 aliphatic heterocycles. The van der Waals surface area contributed by atoms with Crippen LogP contribution in [0.3, 0.4) is 0 Å². The average Bonchev–Trinajstić information content (AvgIpc) is 3.31. The molecular formula is C18H19N3O3S. The maximum Gasteiger partial charge on any atom is 0.227 e. The highest BCUT2D eigenvalue weighted by molar-refractivity contribution is 7.09. The molecule has 0 saturated carbocycles. The van der Waals surface area contributed by atoms with Crippen molar-refractivity contribution in [2.75, 3.05) is 6.61 Å². The first-order valence-corrected chi connectivity index (χ1v) is 8.97. The second-order valence-electron chi connectivity index (χ2n) is 5.33. The summed E-state index contributed by atoms with van der Waals surface area (Å²) in [5, 5.41) is 8.84. The minimum atomic E-state index is -0.0331. The highest BCUT2D eigenvalue weighted by Crippen LogP contribution is 2.20. The Morgan fingerprint density at radius 3 is 2.84 bits per heavy atom. The van der Waals surface area contributed by atoms with E-state index in [1.54, 1.807) is 11.3 Å². The molecule has 0 spiro atoms. The van der Waals surface area contributed by atoms with Gasteiger partial charge in [-0.15, -0.1) is 11.3 Å². The van der Waals surface area contributed by atoms with Gasteiger partial charge in [0.15, 0.2) is 0 Å². The number of rotatable bonds is 8. The first kappa shape index (κ1) is 17.2. The van der Waals surface area contributed by atoms with Gasteiger partial charge < -0.3 is 14.6 Å². The molecule has 25 heavy (non-hydrogen) atoms. The summed E-state index contributed by atoms with van der Waals surface area (Å²) in [5.74, 6) is 1.73. The van der Waals surface area contributed by atoms with Crippen LogP contribution in [0, 0.1) is 0 Å². The molecule has 0 unspecified atom stereocenters. The highest BCUT2D eigenvalue weighted by Gasteiger charge is 2.11. The topological polar surface area (TPSA) is 77.2 Å². The van der Waals surface area contributed by atoms with Crippen LogP contribution < -0.4 is 10.1 Å². The summed E-state index contributed by atoms with van der Waals surface area (Å²) >= 11 is 1.62. The van der Waals surface area contributed by atoms with Crippen LogP contribution in [-0.4, -0.2) is 22.7 Å². The van der Waals surface area contributed by atoms with Crippen LogP contribution in [0.2, 0.25) is 0 Å². The normalized spacial score (nSPS) is 10.6. The SMILES string of the molecule is CCOc1ccc(-c2noc(CCC(=O)NCc3cccs3)n2)cc1. The number of nitrogens with one attached hydrogen (secondary N) is 1. The maximum atomic E-state index is 11.9. The van der Waals surface area contributed by atoms with Crippen molar-refractivity contribution >= 4 is 17.2 Å². The summed E-state index contributed by atoms with van der Waals surface area (Å²) in [6.45, 7) is 3.12. The Balaban J connectivity index is 1.50. The molecule has 1 amide bonds. The second-order valence-corrected chi connectivity index (χ2v) is 6.36. The molecule has 3 aromatic rings. The molecule has 0 saturated heterocycles. The Kier molecular flexibility index (Phi) is 5.79. The van der Waals surface area contributed by atoms with Gasteiger partial charge in [-0.25, -0.2) is 0 Å². The van der Waals surface area contributed by atoms with E-state index in [-0.39, 0.29) is 5.91 Å². The molecule has 0 aliphatic rings. The van der Waals surface area contributed by atoms with E-state index in [0.717, 1.165) is 16.2 Å². The van der Waals surface area contributed by atoms with E-state index in [1.165, 1.54) is 0 Å². The Morgan fingerprint density at radius 1 is 1.28 bits per heavy atom. The standard InChI is InChI=1S/C18H19N3O3S/c1-2-23-14-7-5-13(6-8-14)18-20-17(24-21-18)10-9-16(22)19-12-15-4-3-11-25-15/h3-8,11H,2,9-10,12H2,1H3,(H,19,22). The van der Waals surface area contributed by atoms with Gasteiger partial charge in [0.05, 0.1) is 13.2 Å². The Hall–Kier alpha value is -2.67. The molecule has 6 nitrogen and oxygen atoms in total. The number of aryl methyl sites for hydroxylation is 1. The van der Waals surface area contributed by atoms with Crippen molar-refractivity contribution in [3.8, 4) is 17.1 Å². The number of hydrogen-bond donors (Lipinski definition) is 1. The van der Waals surface area contributed by atoms with Gasteiger partial charge in [0.25, 0.3) is 0 Å². The number of carbonyl (C=O) groups is 1. The third-order valence-corrected chi connectivity index (χ3v) is 4.37.